The van der Waals surface area contributed by atoms with E-state index in [1.165, 1.54) is 0 Å². The first-order valence-electron chi connectivity index (χ1n) is 4.80. The predicted molar refractivity (Wildman–Crippen MR) is 63.6 cm³/mol. The Balaban J connectivity index is 4.64. The molecule has 0 radical (unpaired) electrons. The fourth-order valence-electron chi connectivity index (χ4n) is 0.645. The summed E-state index contributed by atoms with van der Waals surface area (Å²) in [6.07, 6.45) is 3.42. The van der Waals surface area contributed by atoms with Crippen LogP contribution in [0.25, 0.3) is 0 Å². The van der Waals surface area contributed by atoms with Gasteiger partial charge in [0.2, 0.25) is 0 Å². The van der Waals surface area contributed by atoms with Crippen LogP contribution in [0.4, 0.5) is 0 Å². The van der Waals surface area contributed by atoms with Gasteiger partial charge in [0.1, 0.15) is 0 Å². The van der Waals surface area contributed by atoms with Crippen LogP contribution in [0.1, 0.15) is 20.8 Å². The summed E-state index contributed by atoms with van der Waals surface area (Å²) >= 11 is 0. The van der Waals surface area contributed by atoms with Crippen LogP contribution in [0, 0.1) is 0 Å². The molecule has 3 heteroatoms. The Morgan fingerprint density at radius 3 is 2.07 bits per heavy atom. The number of ether oxygens (including phenoxy) is 1. The molecular formula is C11H22O2Si. The summed E-state index contributed by atoms with van der Waals surface area (Å²) in [6.45, 7) is 14.6. The second kappa shape index (κ2) is 4.69. The van der Waals surface area contributed by atoms with Gasteiger partial charge in [-0.3, -0.25) is 0 Å². The first-order valence-corrected chi connectivity index (χ1v) is 7.71. The van der Waals surface area contributed by atoms with Crippen LogP contribution in [0.2, 0.25) is 18.1 Å². The molecule has 0 heterocycles. The van der Waals surface area contributed by atoms with Gasteiger partial charge in [-0.15, -0.1) is 0 Å². The predicted octanol–water partition coefficient (Wildman–Crippen LogP) is 3.68. The molecule has 14 heavy (non-hydrogen) atoms. The summed E-state index contributed by atoms with van der Waals surface area (Å²) in [6, 6.07) is 0. The van der Waals surface area contributed by atoms with Crippen LogP contribution < -0.4 is 0 Å². The zero-order valence-corrected chi connectivity index (χ0v) is 11.2. The van der Waals surface area contributed by atoms with Crippen LogP contribution in [0.5, 0.6) is 0 Å². The molecule has 0 aliphatic heterocycles. The average molecular weight is 214 g/mol. The molecule has 0 amide bonds. The molecule has 0 saturated carbocycles. The molecule has 0 aliphatic carbocycles. The highest BCUT2D eigenvalue weighted by Crippen LogP contribution is 2.37. The summed E-state index contributed by atoms with van der Waals surface area (Å²) in [4.78, 5) is 0. The number of rotatable bonds is 4. The van der Waals surface area contributed by atoms with Gasteiger partial charge in [-0.05, 0) is 18.1 Å². The monoisotopic (exact) mass is 214 g/mol. The minimum atomic E-state index is -1.77. The standard InChI is InChI=1S/C11H22O2Si/c1-8-9-10(12-5)13-14(6,7)11(2,3)4/h8-9H,1H2,2-7H3/b10-9-. The van der Waals surface area contributed by atoms with Gasteiger partial charge in [-0.25, -0.2) is 0 Å². The van der Waals surface area contributed by atoms with E-state index in [9.17, 15) is 0 Å². The molecule has 0 atom stereocenters. The van der Waals surface area contributed by atoms with Gasteiger partial charge < -0.3 is 9.16 Å². The number of allylic oxidation sites excluding steroid dienone is 2. The molecule has 0 N–H and O–H groups in total. The second-order valence-corrected chi connectivity index (χ2v) is 9.51. The molecule has 0 aromatic carbocycles. The minimum Gasteiger partial charge on any atom is -0.519 e. The molecule has 0 aromatic heterocycles. The van der Waals surface area contributed by atoms with E-state index in [0.717, 1.165) is 0 Å². The lowest BCUT2D eigenvalue weighted by Crippen LogP contribution is -2.40. The molecule has 0 fully saturated rings. The van der Waals surface area contributed by atoms with E-state index in [-0.39, 0.29) is 5.04 Å². The molecule has 2 nitrogen and oxygen atoms in total. The van der Waals surface area contributed by atoms with Crippen molar-refractivity contribution in [3.05, 3.63) is 24.7 Å². The van der Waals surface area contributed by atoms with E-state index in [0.29, 0.717) is 5.95 Å². The second-order valence-electron chi connectivity index (χ2n) is 4.79. The molecule has 0 spiro atoms. The maximum absolute atomic E-state index is 5.90. The number of methoxy groups -OCH3 is 1. The molecule has 0 unspecified atom stereocenters. The molecular weight excluding hydrogens is 192 g/mol. The third-order valence-electron chi connectivity index (χ3n) is 2.62. The first-order chi connectivity index (χ1) is 6.24. The van der Waals surface area contributed by atoms with Crippen molar-refractivity contribution in [2.24, 2.45) is 0 Å². The molecule has 0 aliphatic rings. The van der Waals surface area contributed by atoms with Crippen molar-refractivity contribution in [2.75, 3.05) is 7.11 Å². The zero-order chi connectivity index (χ0) is 11.4. The molecule has 0 bridgehead atoms. The Morgan fingerprint density at radius 2 is 1.79 bits per heavy atom. The van der Waals surface area contributed by atoms with Crippen LogP contribution in [-0.4, -0.2) is 15.4 Å². The minimum absolute atomic E-state index is 0.186. The number of hydrogen-bond acceptors (Lipinski definition) is 2. The van der Waals surface area contributed by atoms with Gasteiger partial charge in [0, 0.05) is 6.08 Å². The molecule has 82 valence electrons. The highest BCUT2D eigenvalue weighted by atomic mass is 28.4. The normalized spacial score (nSPS) is 13.7. The van der Waals surface area contributed by atoms with Gasteiger partial charge >= 0.3 is 0 Å². The van der Waals surface area contributed by atoms with Gasteiger partial charge in [0.05, 0.1) is 7.11 Å². The third-order valence-corrected chi connectivity index (χ3v) is 6.94. The highest BCUT2D eigenvalue weighted by molar-refractivity contribution is 6.74. The quantitative estimate of drug-likeness (QED) is 0.404. The summed E-state index contributed by atoms with van der Waals surface area (Å²) in [7, 11) is -0.154. The summed E-state index contributed by atoms with van der Waals surface area (Å²) in [5.74, 6) is 0.562. The Kier molecular flexibility index (Phi) is 4.45. The SMILES string of the molecule is C=C/C=C(/OC)O[Si](C)(C)C(C)(C)C. The Morgan fingerprint density at radius 1 is 1.29 bits per heavy atom. The van der Waals surface area contributed by atoms with E-state index in [1.54, 1.807) is 19.3 Å². The van der Waals surface area contributed by atoms with Crippen molar-refractivity contribution in [1.29, 1.82) is 0 Å². The topological polar surface area (TPSA) is 18.5 Å². The Labute approximate surface area is 88.7 Å². The average Bonchev–Trinajstić information content (AvgIpc) is 2.01. The van der Waals surface area contributed by atoms with Crippen molar-refractivity contribution >= 4 is 8.32 Å². The van der Waals surface area contributed by atoms with E-state index >= 15 is 0 Å². The maximum atomic E-state index is 5.90. The Bertz CT molecular complexity index is 224. The van der Waals surface area contributed by atoms with E-state index < -0.39 is 8.32 Å². The van der Waals surface area contributed by atoms with Crippen molar-refractivity contribution in [3.63, 3.8) is 0 Å². The molecule has 0 rings (SSSR count). The zero-order valence-electron chi connectivity index (χ0n) is 10.2. The van der Waals surface area contributed by atoms with Crippen LogP contribution in [0.15, 0.2) is 24.7 Å². The Hall–Kier alpha value is -0.703. The van der Waals surface area contributed by atoms with Gasteiger partial charge in [-0.2, -0.15) is 0 Å². The lowest BCUT2D eigenvalue weighted by Gasteiger charge is -2.36. The fraction of sp³-hybridized carbons (Fsp3) is 0.636. The number of hydrogen-bond donors (Lipinski definition) is 0. The van der Waals surface area contributed by atoms with Crippen LogP contribution >= 0.6 is 0 Å². The smallest absolute Gasteiger partial charge is 0.264 e. The summed E-state index contributed by atoms with van der Waals surface area (Å²) in [5.41, 5.74) is 0. The lowest BCUT2D eigenvalue weighted by molar-refractivity contribution is 0.141. The lowest BCUT2D eigenvalue weighted by atomic mass is 10.2. The van der Waals surface area contributed by atoms with Crippen molar-refractivity contribution in [2.45, 2.75) is 38.9 Å². The molecule has 0 aromatic rings. The van der Waals surface area contributed by atoms with Crippen LogP contribution in [0.3, 0.4) is 0 Å². The van der Waals surface area contributed by atoms with Crippen molar-refractivity contribution in [1.82, 2.24) is 0 Å². The van der Waals surface area contributed by atoms with Crippen molar-refractivity contribution < 1.29 is 9.16 Å². The van der Waals surface area contributed by atoms with Gasteiger partial charge in [0.15, 0.2) is 0 Å². The van der Waals surface area contributed by atoms with Gasteiger partial charge in [-0.1, -0.05) is 33.4 Å². The fourth-order valence-corrected chi connectivity index (χ4v) is 1.61. The van der Waals surface area contributed by atoms with E-state index in [2.05, 4.69) is 40.4 Å². The summed E-state index contributed by atoms with van der Waals surface area (Å²) in [5, 5.41) is 0.186. The summed E-state index contributed by atoms with van der Waals surface area (Å²) < 4.78 is 11.0. The van der Waals surface area contributed by atoms with Crippen LogP contribution in [-0.2, 0) is 9.16 Å². The largest absolute Gasteiger partial charge is 0.519 e. The first kappa shape index (κ1) is 13.3. The van der Waals surface area contributed by atoms with E-state index in [1.807, 2.05) is 0 Å². The molecule has 0 saturated heterocycles. The van der Waals surface area contributed by atoms with E-state index in [4.69, 9.17) is 9.16 Å². The highest BCUT2D eigenvalue weighted by Gasteiger charge is 2.39. The third kappa shape index (κ3) is 3.58. The van der Waals surface area contributed by atoms with Crippen molar-refractivity contribution in [3.8, 4) is 0 Å². The maximum Gasteiger partial charge on any atom is 0.264 e. The van der Waals surface area contributed by atoms with Gasteiger partial charge in [0.25, 0.3) is 14.3 Å².